The van der Waals surface area contributed by atoms with Crippen molar-refractivity contribution in [3.63, 3.8) is 0 Å². The van der Waals surface area contributed by atoms with Crippen LogP contribution in [0.25, 0.3) is 28.1 Å². The molecule has 206 valence electrons. The summed E-state index contributed by atoms with van der Waals surface area (Å²) in [5, 5.41) is 0.995. The Hall–Kier alpha value is -3.37. The molecule has 39 heavy (non-hydrogen) atoms. The van der Waals surface area contributed by atoms with Crippen molar-refractivity contribution in [2.75, 3.05) is 13.7 Å². The van der Waals surface area contributed by atoms with Crippen LogP contribution >= 0.6 is 0 Å². The number of carbonyl (C=O) groups excluding carboxylic acids is 1. The van der Waals surface area contributed by atoms with Crippen LogP contribution in [0.5, 0.6) is 5.88 Å². The number of nitrogens with zero attached hydrogens (tertiary/aromatic N) is 5. The summed E-state index contributed by atoms with van der Waals surface area (Å²) in [6.07, 6.45) is 2.37. The topological polar surface area (TPSA) is 106 Å². The van der Waals surface area contributed by atoms with Crippen molar-refractivity contribution >= 4 is 39.7 Å². The zero-order valence-corrected chi connectivity index (χ0v) is 24.4. The summed E-state index contributed by atoms with van der Waals surface area (Å²) >= 11 is -1.37. The maximum absolute atomic E-state index is 12.6. The van der Waals surface area contributed by atoms with E-state index in [1.807, 2.05) is 51.2 Å². The predicted molar refractivity (Wildman–Crippen MR) is 154 cm³/mol. The first-order chi connectivity index (χ1) is 18.5. The molecule has 0 saturated heterocycles. The fourth-order valence-electron chi connectivity index (χ4n) is 4.58. The van der Waals surface area contributed by atoms with E-state index in [-0.39, 0.29) is 6.61 Å². The highest BCUT2D eigenvalue weighted by molar-refractivity contribution is 7.91. The zero-order valence-electron chi connectivity index (χ0n) is 23.6. The number of fused-ring (bicyclic) bond motifs is 2. The number of hydrogen-bond acceptors (Lipinski definition) is 7. The molecule has 0 N–H and O–H groups in total. The molecular weight excluding hydrogens is 514 g/mol. The predicted octanol–water partition coefficient (Wildman–Crippen LogP) is 5.53. The van der Waals surface area contributed by atoms with E-state index >= 15 is 0 Å². The summed E-state index contributed by atoms with van der Waals surface area (Å²) in [6.45, 7) is 12.5. The highest BCUT2D eigenvalue weighted by Crippen LogP contribution is 2.37. The van der Waals surface area contributed by atoms with Crippen LogP contribution in [0.15, 0.2) is 34.7 Å². The summed E-state index contributed by atoms with van der Waals surface area (Å²) in [7, 11) is 1.58. The van der Waals surface area contributed by atoms with Crippen LogP contribution in [0.4, 0.5) is 0 Å². The summed E-state index contributed by atoms with van der Waals surface area (Å²) in [5.41, 5.74) is 5.85. The number of esters is 1. The number of hydrogen-bond donors (Lipinski definition) is 0. The van der Waals surface area contributed by atoms with Gasteiger partial charge in [0, 0.05) is 18.0 Å². The number of methoxy groups -OCH3 is 1. The van der Waals surface area contributed by atoms with Gasteiger partial charge in [-0.1, -0.05) is 4.40 Å². The van der Waals surface area contributed by atoms with Crippen molar-refractivity contribution in [1.82, 2.24) is 18.9 Å². The van der Waals surface area contributed by atoms with Crippen LogP contribution in [0.3, 0.4) is 0 Å². The molecule has 0 spiro atoms. The smallest absolute Gasteiger partial charge is 0.338 e. The minimum Gasteiger partial charge on any atom is -0.591 e. The molecule has 4 aromatic heterocycles. The van der Waals surface area contributed by atoms with Gasteiger partial charge in [-0.2, -0.15) is 0 Å². The van der Waals surface area contributed by atoms with Gasteiger partial charge in [-0.15, -0.1) is 0 Å². The third-order valence-electron chi connectivity index (χ3n) is 6.88. The SMILES string of the molecule is CCOC(=O)c1cc(OC)n2c(C)c(-c3cc4ccc(C(C)=N[S+]([O-])C(C)(C)C)nc4n3CC3CC3)nc2c1. The van der Waals surface area contributed by atoms with Gasteiger partial charge >= 0.3 is 5.97 Å². The van der Waals surface area contributed by atoms with Crippen LogP contribution in [-0.4, -0.2) is 53.6 Å². The highest BCUT2D eigenvalue weighted by Gasteiger charge is 2.29. The Kier molecular flexibility index (Phi) is 7.19. The van der Waals surface area contributed by atoms with Gasteiger partial charge in [-0.3, -0.25) is 4.40 Å². The molecule has 0 amide bonds. The van der Waals surface area contributed by atoms with Crippen LogP contribution < -0.4 is 4.74 Å². The fraction of sp³-hybridized carbons (Fsp3) is 0.448. The van der Waals surface area contributed by atoms with Crippen LogP contribution in [-0.2, 0) is 22.6 Å². The summed E-state index contributed by atoms with van der Waals surface area (Å²) < 4.78 is 31.6. The van der Waals surface area contributed by atoms with Gasteiger partial charge in [0.25, 0.3) is 0 Å². The molecule has 10 heteroatoms. The number of aryl methyl sites for hydroxylation is 1. The van der Waals surface area contributed by atoms with E-state index in [0.29, 0.717) is 34.4 Å². The molecule has 9 nitrogen and oxygen atoms in total. The number of rotatable bonds is 8. The molecule has 4 heterocycles. The van der Waals surface area contributed by atoms with E-state index < -0.39 is 22.1 Å². The van der Waals surface area contributed by atoms with Crippen molar-refractivity contribution in [2.24, 2.45) is 10.3 Å². The second-order valence-electron chi connectivity index (χ2n) is 11.0. The maximum Gasteiger partial charge on any atom is 0.338 e. The molecule has 1 aliphatic carbocycles. The molecule has 1 aliphatic rings. The lowest BCUT2D eigenvalue weighted by Gasteiger charge is -2.18. The summed E-state index contributed by atoms with van der Waals surface area (Å²) in [6, 6.07) is 9.49. The molecular formula is C29H35N5O4S. The molecule has 1 saturated carbocycles. The monoisotopic (exact) mass is 549 g/mol. The largest absolute Gasteiger partial charge is 0.591 e. The normalized spacial score (nSPS) is 15.2. The van der Waals surface area contributed by atoms with E-state index in [1.165, 1.54) is 12.8 Å². The Labute approximate surface area is 231 Å². The lowest BCUT2D eigenvalue weighted by molar-refractivity contribution is 0.0526. The number of aromatic nitrogens is 4. The third kappa shape index (κ3) is 5.27. The quantitative estimate of drug-likeness (QED) is 0.163. The average molecular weight is 550 g/mol. The minimum absolute atomic E-state index is 0.289. The van der Waals surface area contributed by atoms with E-state index in [2.05, 4.69) is 15.0 Å². The molecule has 1 atom stereocenters. The van der Waals surface area contributed by atoms with Crippen molar-refractivity contribution in [3.8, 4) is 17.3 Å². The first-order valence-corrected chi connectivity index (χ1v) is 14.3. The number of ether oxygens (including phenoxy) is 2. The molecule has 0 radical (unpaired) electrons. The molecule has 4 aromatic rings. The summed E-state index contributed by atoms with van der Waals surface area (Å²) in [5.74, 6) is 0.690. The second kappa shape index (κ2) is 10.3. The van der Waals surface area contributed by atoms with Gasteiger partial charge in [-0.05, 0) is 84.6 Å². The van der Waals surface area contributed by atoms with Crippen molar-refractivity contribution in [1.29, 1.82) is 0 Å². The van der Waals surface area contributed by atoms with Gasteiger partial charge in [0.2, 0.25) is 0 Å². The highest BCUT2D eigenvalue weighted by atomic mass is 32.2. The average Bonchev–Trinajstić information content (AvgIpc) is 3.56. The van der Waals surface area contributed by atoms with Crippen LogP contribution in [0.1, 0.15) is 69.2 Å². The van der Waals surface area contributed by atoms with E-state index in [4.69, 9.17) is 19.4 Å². The molecule has 0 bridgehead atoms. The maximum atomic E-state index is 12.6. The van der Waals surface area contributed by atoms with Crippen molar-refractivity contribution in [3.05, 3.63) is 47.3 Å². The van der Waals surface area contributed by atoms with Crippen molar-refractivity contribution in [2.45, 2.75) is 65.7 Å². The van der Waals surface area contributed by atoms with E-state index in [1.54, 1.807) is 26.2 Å². The molecule has 0 aromatic carbocycles. The number of pyridine rings is 2. The zero-order chi connectivity index (χ0) is 28.1. The standard InChI is InChI=1S/C29H35N5O4S/c1-8-38-28(35)21-14-24-31-26(18(3)34(24)25(15-21)37-7)23-13-20-11-12-22(17(2)32-39(36)29(4,5)6)30-27(20)33(23)16-19-9-10-19/h11-15,19H,8-10,16H2,1-7H3. The first kappa shape index (κ1) is 27.2. The van der Waals surface area contributed by atoms with E-state index in [9.17, 15) is 9.35 Å². The fourth-order valence-corrected chi connectivity index (χ4v) is 5.19. The Bertz CT molecular complexity index is 1590. The number of imidazole rings is 1. The Morgan fingerprint density at radius 2 is 1.95 bits per heavy atom. The van der Waals surface area contributed by atoms with Gasteiger partial charge in [0.15, 0.2) is 5.88 Å². The second-order valence-corrected chi connectivity index (χ2v) is 12.9. The van der Waals surface area contributed by atoms with Gasteiger partial charge in [0.1, 0.15) is 38.8 Å². The van der Waals surface area contributed by atoms with Gasteiger partial charge in [0.05, 0.1) is 36.4 Å². The minimum atomic E-state index is -1.37. The lowest BCUT2D eigenvalue weighted by atomic mass is 10.2. The molecule has 0 aliphatic heterocycles. The first-order valence-electron chi connectivity index (χ1n) is 13.2. The Morgan fingerprint density at radius 3 is 2.59 bits per heavy atom. The molecule has 5 rings (SSSR count). The van der Waals surface area contributed by atoms with Gasteiger partial charge < -0.3 is 18.6 Å². The van der Waals surface area contributed by atoms with Crippen LogP contribution in [0.2, 0.25) is 0 Å². The number of carbonyl (C=O) groups is 1. The summed E-state index contributed by atoms with van der Waals surface area (Å²) in [4.78, 5) is 22.4. The van der Waals surface area contributed by atoms with E-state index in [0.717, 1.165) is 34.7 Å². The Morgan fingerprint density at radius 1 is 1.21 bits per heavy atom. The molecule has 1 unspecified atom stereocenters. The third-order valence-corrected chi connectivity index (χ3v) is 8.36. The lowest BCUT2D eigenvalue weighted by Crippen LogP contribution is -2.26. The Balaban J connectivity index is 1.66. The molecule has 1 fully saturated rings. The van der Waals surface area contributed by atoms with Crippen LogP contribution in [0, 0.1) is 12.8 Å². The van der Waals surface area contributed by atoms with Crippen molar-refractivity contribution < 1.29 is 18.8 Å². The van der Waals surface area contributed by atoms with Gasteiger partial charge in [-0.25, -0.2) is 14.8 Å².